The first-order valence-electron chi connectivity index (χ1n) is 8.46. The zero-order valence-corrected chi connectivity index (χ0v) is 16.1. The van der Waals surface area contributed by atoms with Gasteiger partial charge in [0.2, 0.25) is 0 Å². The molecule has 0 saturated heterocycles. The predicted octanol–water partition coefficient (Wildman–Crippen LogP) is 4.97. The van der Waals surface area contributed by atoms with Crippen LogP contribution in [0, 0.1) is 0 Å². The van der Waals surface area contributed by atoms with Gasteiger partial charge >= 0.3 is 0 Å². The second-order valence-corrected chi connectivity index (χ2v) is 6.29. The van der Waals surface area contributed by atoms with E-state index >= 15 is 0 Å². The maximum absolute atomic E-state index is 12.8. The van der Waals surface area contributed by atoms with Crippen molar-refractivity contribution >= 4 is 17.5 Å². The molecule has 1 amide bonds. The Labute approximate surface area is 159 Å². The van der Waals surface area contributed by atoms with Gasteiger partial charge in [0, 0.05) is 16.1 Å². The molecule has 4 nitrogen and oxygen atoms in total. The van der Waals surface area contributed by atoms with E-state index in [9.17, 15) is 4.79 Å². The fourth-order valence-corrected chi connectivity index (χ4v) is 2.97. The molecule has 0 fully saturated rings. The smallest absolute Gasteiger partial charge is 0.251 e. The molecule has 5 heteroatoms. The molecule has 0 bridgehead atoms. The Bertz CT molecular complexity index is 772. The first kappa shape index (κ1) is 19.9. The molecule has 1 atom stereocenters. The molecule has 0 aliphatic carbocycles. The molecule has 138 valence electrons. The number of amides is 1. The Morgan fingerprint density at radius 2 is 1.92 bits per heavy atom. The van der Waals surface area contributed by atoms with Gasteiger partial charge in [-0.25, -0.2) is 0 Å². The average Bonchev–Trinajstić information content (AvgIpc) is 2.66. The molecule has 1 N–H and O–H groups in total. The monoisotopic (exact) mass is 373 g/mol. The molecule has 0 aliphatic rings. The minimum absolute atomic E-state index is 0.101. The summed E-state index contributed by atoms with van der Waals surface area (Å²) >= 11 is 5.95. The van der Waals surface area contributed by atoms with E-state index in [1.165, 1.54) is 0 Å². The first-order valence-corrected chi connectivity index (χ1v) is 8.83. The van der Waals surface area contributed by atoms with Crippen LogP contribution in [0.4, 0.5) is 0 Å². The number of methoxy groups -OCH3 is 2. The normalized spacial score (nSPS) is 11.5. The highest BCUT2D eigenvalue weighted by molar-refractivity contribution is 6.30. The molecule has 0 aromatic heterocycles. The third-order valence-corrected chi connectivity index (χ3v) is 4.42. The van der Waals surface area contributed by atoms with Crippen LogP contribution in [0.25, 0.3) is 0 Å². The van der Waals surface area contributed by atoms with Crippen molar-refractivity contribution in [3.05, 3.63) is 70.8 Å². The van der Waals surface area contributed by atoms with Crippen molar-refractivity contribution in [1.29, 1.82) is 0 Å². The summed E-state index contributed by atoms with van der Waals surface area (Å²) < 4.78 is 10.8. The zero-order chi connectivity index (χ0) is 19.1. The molecule has 2 aromatic carbocycles. The SMILES string of the molecule is C=CCc1cc(C(=O)NC(CC)c2ccc(Cl)cc2)cc(OC)c1OC. The molecule has 1 unspecified atom stereocenters. The minimum Gasteiger partial charge on any atom is -0.493 e. The van der Waals surface area contributed by atoms with Gasteiger partial charge in [-0.3, -0.25) is 4.79 Å². The van der Waals surface area contributed by atoms with E-state index in [4.69, 9.17) is 21.1 Å². The highest BCUT2D eigenvalue weighted by Gasteiger charge is 2.18. The number of halogens is 1. The van der Waals surface area contributed by atoms with Crippen LogP contribution in [0.1, 0.15) is 40.9 Å². The number of carbonyl (C=O) groups excluding carboxylic acids is 1. The zero-order valence-electron chi connectivity index (χ0n) is 15.3. The van der Waals surface area contributed by atoms with E-state index in [-0.39, 0.29) is 11.9 Å². The maximum atomic E-state index is 12.8. The number of nitrogens with one attached hydrogen (secondary N) is 1. The van der Waals surface area contributed by atoms with Crippen molar-refractivity contribution in [3.8, 4) is 11.5 Å². The minimum atomic E-state index is -0.168. The second-order valence-electron chi connectivity index (χ2n) is 5.85. The molecule has 0 saturated carbocycles. The molecule has 0 radical (unpaired) electrons. The standard InChI is InChI=1S/C21H24ClNO3/c1-5-7-15-12-16(13-19(25-3)20(15)26-4)21(24)23-18(6-2)14-8-10-17(22)11-9-14/h5,8-13,18H,1,6-7H2,2-4H3,(H,23,24). The molecule has 0 spiro atoms. The highest BCUT2D eigenvalue weighted by atomic mass is 35.5. The number of carbonyl (C=O) groups is 1. The van der Waals surface area contributed by atoms with E-state index in [2.05, 4.69) is 11.9 Å². The lowest BCUT2D eigenvalue weighted by molar-refractivity contribution is 0.0935. The highest BCUT2D eigenvalue weighted by Crippen LogP contribution is 2.33. The Kier molecular flexibility index (Phi) is 7.10. The van der Waals surface area contributed by atoms with Gasteiger partial charge in [-0.2, -0.15) is 0 Å². The van der Waals surface area contributed by atoms with Crippen LogP contribution in [0.5, 0.6) is 11.5 Å². The lowest BCUT2D eigenvalue weighted by Gasteiger charge is -2.19. The number of hydrogen-bond donors (Lipinski definition) is 1. The Morgan fingerprint density at radius 3 is 2.46 bits per heavy atom. The van der Waals surface area contributed by atoms with Crippen molar-refractivity contribution in [3.63, 3.8) is 0 Å². The Hall–Kier alpha value is -2.46. The molecule has 0 aliphatic heterocycles. The molecular weight excluding hydrogens is 350 g/mol. The van der Waals surface area contributed by atoms with Crippen LogP contribution >= 0.6 is 11.6 Å². The topological polar surface area (TPSA) is 47.6 Å². The van der Waals surface area contributed by atoms with E-state index in [1.54, 1.807) is 26.4 Å². The van der Waals surface area contributed by atoms with E-state index < -0.39 is 0 Å². The van der Waals surface area contributed by atoms with E-state index in [1.807, 2.05) is 37.3 Å². The summed E-state index contributed by atoms with van der Waals surface area (Å²) in [7, 11) is 3.14. The number of hydrogen-bond acceptors (Lipinski definition) is 3. The van der Waals surface area contributed by atoms with Gasteiger partial charge in [0.15, 0.2) is 11.5 Å². The number of benzene rings is 2. The molecule has 26 heavy (non-hydrogen) atoms. The molecular formula is C21H24ClNO3. The predicted molar refractivity (Wildman–Crippen MR) is 105 cm³/mol. The summed E-state index contributed by atoms with van der Waals surface area (Å²) in [5.74, 6) is 0.975. The summed E-state index contributed by atoms with van der Waals surface area (Å²) in [6, 6.07) is 10.9. The Balaban J connectivity index is 2.31. The van der Waals surface area contributed by atoms with Crippen LogP contribution in [0.3, 0.4) is 0 Å². The van der Waals surface area contributed by atoms with E-state index in [0.717, 1.165) is 17.5 Å². The third kappa shape index (κ3) is 4.58. The quantitative estimate of drug-likeness (QED) is 0.665. The van der Waals surface area contributed by atoms with Gasteiger partial charge in [-0.05, 0) is 42.7 Å². The van der Waals surface area contributed by atoms with Crippen molar-refractivity contribution in [2.24, 2.45) is 0 Å². The number of allylic oxidation sites excluding steroid dienone is 1. The molecule has 2 rings (SSSR count). The van der Waals surface area contributed by atoms with Crippen molar-refractivity contribution < 1.29 is 14.3 Å². The largest absolute Gasteiger partial charge is 0.493 e. The van der Waals surface area contributed by atoms with Gasteiger partial charge < -0.3 is 14.8 Å². The maximum Gasteiger partial charge on any atom is 0.251 e. The van der Waals surface area contributed by atoms with Crippen LogP contribution in [0.2, 0.25) is 5.02 Å². The number of rotatable bonds is 8. The fraction of sp³-hybridized carbons (Fsp3) is 0.286. The van der Waals surface area contributed by atoms with Crippen LogP contribution in [-0.2, 0) is 6.42 Å². The van der Waals surface area contributed by atoms with Crippen molar-refractivity contribution in [2.45, 2.75) is 25.8 Å². The molecule has 2 aromatic rings. The summed E-state index contributed by atoms with van der Waals surface area (Å²) in [4.78, 5) is 12.8. The van der Waals surface area contributed by atoms with Gasteiger partial charge in [0.1, 0.15) is 0 Å². The summed E-state index contributed by atoms with van der Waals surface area (Å²) in [5.41, 5.74) is 2.38. The van der Waals surface area contributed by atoms with Crippen LogP contribution in [-0.4, -0.2) is 20.1 Å². The lowest BCUT2D eigenvalue weighted by Crippen LogP contribution is -2.28. The summed E-state index contributed by atoms with van der Waals surface area (Å²) in [6.07, 6.45) is 3.11. The summed E-state index contributed by atoms with van der Waals surface area (Å²) in [6.45, 7) is 5.79. The van der Waals surface area contributed by atoms with Gasteiger partial charge in [0.05, 0.1) is 20.3 Å². The third-order valence-electron chi connectivity index (χ3n) is 4.17. The van der Waals surface area contributed by atoms with Gasteiger partial charge in [-0.15, -0.1) is 6.58 Å². The fourth-order valence-electron chi connectivity index (χ4n) is 2.84. The average molecular weight is 374 g/mol. The Morgan fingerprint density at radius 1 is 1.23 bits per heavy atom. The lowest BCUT2D eigenvalue weighted by atomic mass is 10.0. The number of ether oxygens (including phenoxy) is 2. The van der Waals surface area contributed by atoms with Crippen LogP contribution < -0.4 is 14.8 Å². The van der Waals surface area contributed by atoms with E-state index in [0.29, 0.717) is 28.5 Å². The van der Waals surface area contributed by atoms with Crippen molar-refractivity contribution in [2.75, 3.05) is 14.2 Å². The molecule has 0 heterocycles. The first-order chi connectivity index (χ1) is 12.5. The van der Waals surface area contributed by atoms with Crippen molar-refractivity contribution in [1.82, 2.24) is 5.32 Å². The van der Waals surface area contributed by atoms with Gasteiger partial charge in [-0.1, -0.05) is 36.7 Å². The van der Waals surface area contributed by atoms with Crippen LogP contribution in [0.15, 0.2) is 49.1 Å². The summed E-state index contributed by atoms with van der Waals surface area (Å²) in [5, 5.41) is 3.74. The van der Waals surface area contributed by atoms with Gasteiger partial charge in [0.25, 0.3) is 5.91 Å². The second kappa shape index (κ2) is 9.30.